The first-order valence-electron chi connectivity index (χ1n) is 10.1. The minimum atomic E-state index is -0.377. The summed E-state index contributed by atoms with van der Waals surface area (Å²) in [6.45, 7) is 3.00. The average Bonchev–Trinajstić information content (AvgIpc) is 3.35. The fourth-order valence-corrected chi connectivity index (χ4v) is 4.09. The molecule has 2 heterocycles. The number of anilines is 2. The van der Waals surface area contributed by atoms with Gasteiger partial charge in [-0.15, -0.1) is 0 Å². The van der Waals surface area contributed by atoms with Crippen molar-refractivity contribution in [3.8, 4) is 5.75 Å². The smallest absolute Gasteiger partial charge is 0.227 e. The van der Waals surface area contributed by atoms with E-state index >= 15 is 0 Å². The first-order chi connectivity index (χ1) is 14.5. The van der Waals surface area contributed by atoms with Crippen molar-refractivity contribution in [2.24, 2.45) is 5.92 Å². The van der Waals surface area contributed by atoms with Gasteiger partial charge in [0.15, 0.2) is 0 Å². The lowest BCUT2D eigenvalue weighted by molar-refractivity contribution is -0.126. The standard InChI is InChI=1S/C23H25N3O4/c1-15(27)25-10-9-17-11-19(5-8-21(17)25)26-14-18(12-22(26)28)23(29)24-13-16-3-6-20(30-2)7-4-16/h3-8,11,18H,9-10,12-14H2,1-2H3,(H,24,29)/t18-/m0/s1. The quantitative estimate of drug-likeness (QED) is 0.825. The molecule has 7 heteroatoms. The minimum absolute atomic E-state index is 0.0207. The summed E-state index contributed by atoms with van der Waals surface area (Å²) >= 11 is 0. The van der Waals surface area contributed by atoms with Gasteiger partial charge in [-0.2, -0.15) is 0 Å². The largest absolute Gasteiger partial charge is 0.497 e. The molecule has 30 heavy (non-hydrogen) atoms. The van der Waals surface area contributed by atoms with E-state index in [4.69, 9.17) is 4.74 Å². The second-order valence-electron chi connectivity index (χ2n) is 7.70. The summed E-state index contributed by atoms with van der Waals surface area (Å²) < 4.78 is 5.14. The van der Waals surface area contributed by atoms with E-state index in [0.29, 0.717) is 19.6 Å². The summed E-state index contributed by atoms with van der Waals surface area (Å²) in [5.41, 5.74) is 3.73. The molecule has 0 aliphatic carbocycles. The van der Waals surface area contributed by atoms with Crippen LogP contribution in [0.15, 0.2) is 42.5 Å². The molecule has 0 saturated carbocycles. The number of fused-ring (bicyclic) bond motifs is 1. The molecule has 1 N–H and O–H groups in total. The molecule has 0 bridgehead atoms. The van der Waals surface area contributed by atoms with Crippen molar-refractivity contribution in [2.75, 3.05) is 30.0 Å². The van der Waals surface area contributed by atoms with Gasteiger partial charge in [0.1, 0.15) is 5.75 Å². The highest BCUT2D eigenvalue weighted by molar-refractivity contribution is 6.01. The van der Waals surface area contributed by atoms with Crippen molar-refractivity contribution in [3.63, 3.8) is 0 Å². The number of rotatable bonds is 5. The first-order valence-corrected chi connectivity index (χ1v) is 10.1. The number of hydrogen-bond donors (Lipinski definition) is 1. The van der Waals surface area contributed by atoms with Gasteiger partial charge in [-0.05, 0) is 47.9 Å². The van der Waals surface area contributed by atoms with E-state index in [1.54, 1.807) is 23.8 Å². The van der Waals surface area contributed by atoms with Crippen LogP contribution >= 0.6 is 0 Å². The number of nitrogens with one attached hydrogen (secondary N) is 1. The van der Waals surface area contributed by atoms with E-state index in [1.165, 1.54) is 0 Å². The van der Waals surface area contributed by atoms with Crippen molar-refractivity contribution < 1.29 is 19.1 Å². The Hall–Kier alpha value is -3.35. The molecule has 4 rings (SSSR count). The molecule has 2 aromatic carbocycles. The van der Waals surface area contributed by atoms with Crippen molar-refractivity contribution in [2.45, 2.75) is 26.3 Å². The van der Waals surface area contributed by atoms with Gasteiger partial charge in [0.25, 0.3) is 0 Å². The Labute approximate surface area is 175 Å². The predicted molar refractivity (Wildman–Crippen MR) is 113 cm³/mol. The highest BCUT2D eigenvalue weighted by atomic mass is 16.5. The normalized spacial score (nSPS) is 17.8. The van der Waals surface area contributed by atoms with Gasteiger partial charge in [0.2, 0.25) is 17.7 Å². The number of ether oxygens (including phenoxy) is 1. The van der Waals surface area contributed by atoms with E-state index in [0.717, 1.165) is 34.7 Å². The fourth-order valence-electron chi connectivity index (χ4n) is 4.09. The molecule has 2 aliphatic heterocycles. The molecule has 156 valence electrons. The number of nitrogens with zero attached hydrogens (tertiary/aromatic N) is 2. The zero-order chi connectivity index (χ0) is 21.3. The minimum Gasteiger partial charge on any atom is -0.497 e. The van der Waals surface area contributed by atoms with Crippen LogP contribution in [0.2, 0.25) is 0 Å². The third-order valence-corrected chi connectivity index (χ3v) is 5.77. The average molecular weight is 407 g/mol. The highest BCUT2D eigenvalue weighted by Gasteiger charge is 2.35. The van der Waals surface area contributed by atoms with Crippen molar-refractivity contribution in [1.82, 2.24) is 5.32 Å². The summed E-state index contributed by atoms with van der Waals surface area (Å²) in [5.74, 6) is 0.236. The molecule has 1 atom stereocenters. The van der Waals surface area contributed by atoms with Gasteiger partial charge in [-0.1, -0.05) is 12.1 Å². The molecular formula is C23H25N3O4. The van der Waals surface area contributed by atoms with Crippen LogP contribution in [0.5, 0.6) is 5.75 Å². The van der Waals surface area contributed by atoms with Crippen LogP contribution in [-0.4, -0.2) is 37.9 Å². The molecular weight excluding hydrogens is 382 g/mol. The zero-order valence-corrected chi connectivity index (χ0v) is 17.2. The van der Waals surface area contributed by atoms with E-state index in [1.807, 2.05) is 42.5 Å². The SMILES string of the molecule is COc1ccc(CNC(=O)[C@H]2CC(=O)N(c3ccc4c(c3)CCN4C(C)=O)C2)cc1. The molecule has 0 radical (unpaired) electrons. The van der Waals surface area contributed by atoms with Crippen LogP contribution in [0, 0.1) is 5.92 Å². The Morgan fingerprint density at radius 3 is 2.63 bits per heavy atom. The van der Waals surface area contributed by atoms with Crippen LogP contribution < -0.4 is 19.9 Å². The number of carbonyl (C=O) groups excluding carboxylic acids is 3. The number of hydrogen-bond acceptors (Lipinski definition) is 4. The lowest BCUT2D eigenvalue weighted by atomic mass is 10.1. The molecule has 1 saturated heterocycles. The van der Waals surface area contributed by atoms with Crippen LogP contribution in [-0.2, 0) is 27.3 Å². The van der Waals surface area contributed by atoms with Gasteiger partial charge < -0.3 is 19.9 Å². The lowest BCUT2D eigenvalue weighted by Crippen LogP contribution is -2.32. The molecule has 2 aromatic rings. The Kier molecular flexibility index (Phi) is 5.44. The van der Waals surface area contributed by atoms with Crippen LogP contribution in [0.25, 0.3) is 0 Å². The third kappa shape index (κ3) is 3.87. The van der Waals surface area contributed by atoms with Gasteiger partial charge in [-0.3, -0.25) is 14.4 Å². The summed E-state index contributed by atoms with van der Waals surface area (Å²) in [6, 6.07) is 13.2. The topological polar surface area (TPSA) is 79.0 Å². The number of benzene rings is 2. The van der Waals surface area contributed by atoms with E-state index < -0.39 is 0 Å². The van der Waals surface area contributed by atoms with E-state index in [-0.39, 0.29) is 30.1 Å². The van der Waals surface area contributed by atoms with Crippen LogP contribution in [0.4, 0.5) is 11.4 Å². The number of methoxy groups -OCH3 is 1. The molecule has 3 amide bonds. The molecule has 0 aromatic heterocycles. The number of amides is 3. The summed E-state index contributed by atoms with van der Waals surface area (Å²) in [5, 5.41) is 2.93. The lowest BCUT2D eigenvalue weighted by Gasteiger charge is -2.19. The van der Waals surface area contributed by atoms with Gasteiger partial charge in [0, 0.05) is 44.4 Å². The summed E-state index contributed by atoms with van der Waals surface area (Å²) in [4.78, 5) is 40.3. The Morgan fingerprint density at radius 2 is 1.93 bits per heavy atom. The molecule has 2 aliphatic rings. The van der Waals surface area contributed by atoms with Gasteiger partial charge in [-0.25, -0.2) is 0 Å². The van der Waals surface area contributed by atoms with Crippen molar-refractivity contribution >= 4 is 29.1 Å². The molecule has 7 nitrogen and oxygen atoms in total. The maximum atomic E-state index is 12.6. The van der Waals surface area contributed by atoms with E-state index in [2.05, 4.69) is 5.32 Å². The summed E-state index contributed by atoms with van der Waals surface area (Å²) in [7, 11) is 1.61. The van der Waals surface area contributed by atoms with Gasteiger partial charge >= 0.3 is 0 Å². The highest BCUT2D eigenvalue weighted by Crippen LogP contribution is 2.34. The second-order valence-corrected chi connectivity index (χ2v) is 7.70. The monoisotopic (exact) mass is 407 g/mol. The Bertz CT molecular complexity index is 986. The second kappa shape index (κ2) is 8.18. The van der Waals surface area contributed by atoms with Crippen LogP contribution in [0.1, 0.15) is 24.5 Å². The Morgan fingerprint density at radius 1 is 1.17 bits per heavy atom. The maximum Gasteiger partial charge on any atom is 0.227 e. The zero-order valence-electron chi connectivity index (χ0n) is 17.2. The van der Waals surface area contributed by atoms with Gasteiger partial charge in [0.05, 0.1) is 13.0 Å². The Balaban J connectivity index is 1.39. The van der Waals surface area contributed by atoms with E-state index in [9.17, 15) is 14.4 Å². The molecule has 0 spiro atoms. The molecule has 1 fully saturated rings. The maximum absolute atomic E-state index is 12.6. The van der Waals surface area contributed by atoms with Crippen LogP contribution in [0.3, 0.4) is 0 Å². The number of carbonyl (C=O) groups is 3. The van der Waals surface area contributed by atoms with Crippen molar-refractivity contribution in [3.05, 3.63) is 53.6 Å². The predicted octanol–water partition coefficient (Wildman–Crippen LogP) is 2.27. The molecule has 0 unspecified atom stereocenters. The third-order valence-electron chi connectivity index (χ3n) is 5.77. The first kappa shape index (κ1) is 19.9. The summed E-state index contributed by atoms with van der Waals surface area (Å²) in [6.07, 6.45) is 0.974. The fraction of sp³-hybridized carbons (Fsp3) is 0.348. The van der Waals surface area contributed by atoms with Crippen molar-refractivity contribution in [1.29, 1.82) is 0 Å².